The molecule has 1 N–H and O–H groups in total. The Hall–Kier alpha value is -1.27. The maximum absolute atomic E-state index is 12.5. The number of nitrogens with one attached hydrogen (secondary N) is 1. The summed E-state index contributed by atoms with van der Waals surface area (Å²) in [5.74, 6) is -1.77. The largest absolute Gasteiger partial charge is 0.471 e. The first-order valence-electron chi connectivity index (χ1n) is 6.52. The topological polar surface area (TPSA) is 32.3 Å². The van der Waals surface area contributed by atoms with E-state index in [1.165, 1.54) is 7.05 Å². The monoisotopic (exact) mass is 322 g/mol. The van der Waals surface area contributed by atoms with Gasteiger partial charge in [-0.25, -0.2) is 0 Å². The van der Waals surface area contributed by atoms with E-state index < -0.39 is 18.1 Å². The molecule has 1 aliphatic heterocycles. The molecule has 1 aromatic carbocycles. The van der Waals surface area contributed by atoms with Crippen LogP contribution < -0.4 is 5.32 Å². The Morgan fingerprint density at radius 3 is 2.48 bits per heavy atom. The van der Waals surface area contributed by atoms with E-state index in [1.807, 2.05) is 30.3 Å². The van der Waals surface area contributed by atoms with Crippen LogP contribution in [0.5, 0.6) is 0 Å². The van der Waals surface area contributed by atoms with Crippen molar-refractivity contribution in [3.8, 4) is 0 Å². The second-order valence-electron chi connectivity index (χ2n) is 5.01. The molecule has 2 rings (SSSR count). The molecule has 0 spiro atoms. The molecule has 0 radical (unpaired) electrons. The van der Waals surface area contributed by atoms with E-state index in [2.05, 4.69) is 5.32 Å². The fourth-order valence-corrected chi connectivity index (χ4v) is 2.55. The molecule has 2 atom stereocenters. The molecule has 1 fully saturated rings. The molecule has 1 aliphatic rings. The van der Waals surface area contributed by atoms with Crippen molar-refractivity contribution in [2.75, 3.05) is 13.6 Å². The lowest BCUT2D eigenvalue weighted by Crippen LogP contribution is -2.49. The summed E-state index contributed by atoms with van der Waals surface area (Å²) in [4.78, 5) is 12.1. The molecule has 2 unspecified atom stereocenters. The molecule has 1 heterocycles. The van der Waals surface area contributed by atoms with Crippen LogP contribution in [0, 0.1) is 0 Å². The van der Waals surface area contributed by atoms with E-state index in [1.54, 1.807) is 0 Å². The van der Waals surface area contributed by atoms with Crippen molar-refractivity contribution in [1.29, 1.82) is 0 Å². The molecule has 21 heavy (non-hydrogen) atoms. The maximum Gasteiger partial charge on any atom is 0.471 e. The highest BCUT2D eigenvalue weighted by Crippen LogP contribution is 2.28. The lowest BCUT2D eigenvalue weighted by atomic mass is 9.93. The average Bonchev–Trinajstić information content (AvgIpc) is 2.46. The van der Waals surface area contributed by atoms with Crippen molar-refractivity contribution >= 4 is 18.3 Å². The standard InChI is InChI=1S/C14H17F3N2O.ClH/c1-19(13(20)14(15,16)17)11-7-8-18-12(9-11)10-5-3-2-4-6-10;/h2-6,11-12,18H,7-9H2,1H3;1H. The summed E-state index contributed by atoms with van der Waals surface area (Å²) in [6.07, 6.45) is -3.79. The number of alkyl halides is 3. The summed E-state index contributed by atoms with van der Waals surface area (Å²) in [7, 11) is 1.23. The van der Waals surface area contributed by atoms with Crippen molar-refractivity contribution in [1.82, 2.24) is 10.2 Å². The van der Waals surface area contributed by atoms with Gasteiger partial charge in [-0.05, 0) is 24.9 Å². The van der Waals surface area contributed by atoms with E-state index in [4.69, 9.17) is 0 Å². The minimum Gasteiger partial charge on any atom is -0.335 e. The summed E-state index contributed by atoms with van der Waals surface area (Å²) >= 11 is 0. The summed E-state index contributed by atoms with van der Waals surface area (Å²) in [5, 5.41) is 3.28. The number of hydrogen-bond acceptors (Lipinski definition) is 2. The number of amides is 1. The van der Waals surface area contributed by atoms with E-state index in [0.29, 0.717) is 19.4 Å². The second kappa shape index (κ2) is 7.13. The van der Waals surface area contributed by atoms with Gasteiger partial charge in [-0.1, -0.05) is 30.3 Å². The molecule has 118 valence electrons. The quantitative estimate of drug-likeness (QED) is 0.908. The van der Waals surface area contributed by atoms with Crippen molar-refractivity contribution in [3.05, 3.63) is 35.9 Å². The van der Waals surface area contributed by atoms with Crippen molar-refractivity contribution in [3.63, 3.8) is 0 Å². The fourth-order valence-electron chi connectivity index (χ4n) is 2.55. The second-order valence-corrected chi connectivity index (χ2v) is 5.01. The average molecular weight is 323 g/mol. The highest BCUT2D eigenvalue weighted by Gasteiger charge is 2.43. The Kier molecular flexibility index (Phi) is 6.04. The first-order valence-corrected chi connectivity index (χ1v) is 6.52. The van der Waals surface area contributed by atoms with Gasteiger partial charge in [0, 0.05) is 19.1 Å². The molecule has 0 aliphatic carbocycles. The molecule has 1 aromatic rings. The minimum absolute atomic E-state index is 0. The smallest absolute Gasteiger partial charge is 0.335 e. The number of carbonyl (C=O) groups excluding carboxylic acids is 1. The van der Waals surface area contributed by atoms with Crippen molar-refractivity contribution < 1.29 is 18.0 Å². The van der Waals surface area contributed by atoms with Crippen LogP contribution in [0.4, 0.5) is 13.2 Å². The number of hydrogen-bond donors (Lipinski definition) is 1. The summed E-state index contributed by atoms with van der Waals surface area (Å²) in [6, 6.07) is 9.14. The van der Waals surface area contributed by atoms with Gasteiger partial charge in [0.1, 0.15) is 0 Å². The minimum atomic E-state index is -4.80. The molecule has 3 nitrogen and oxygen atoms in total. The predicted octanol–water partition coefficient (Wildman–Crippen LogP) is 2.92. The zero-order valence-corrected chi connectivity index (χ0v) is 12.4. The molecular weight excluding hydrogens is 305 g/mol. The number of benzene rings is 1. The Labute approximate surface area is 127 Å². The summed E-state index contributed by atoms with van der Waals surface area (Å²) in [5.41, 5.74) is 1.03. The SMILES string of the molecule is CN(C(=O)C(F)(F)F)C1CCNC(c2ccccc2)C1.Cl. The first-order chi connectivity index (χ1) is 9.39. The number of halogens is 4. The number of nitrogens with zero attached hydrogens (tertiary/aromatic N) is 1. The van der Waals surface area contributed by atoms with Crippen LogP contribution in [0.15, 0.2) is 30.3 Å². The van der Waals surface area contributed by atoms with Crippen LogP contribution in [0.1, 0.15) is 24.4 Å². The molecule has 0 bridgehead atoms. The lowest BCUT2D eigenvalue weighted by Gasteiger charge is -2.36. The molecular formula is C14H18ClF3N2O. The molecule has 1 amide bonds. The first kappa shape index (κ1) is 17.8. The molecule has 7 heteroatoms. The Morgan fingerprint density at radius 1 is 1.29 bits per heavy atom. The molecule has 0 saturated carbocycles. The van der Waals surface area contributed by atoms with Gasteiger partial charge >= 0.3 is 12.1 Å². The van der Waals surface area contributed by atoms with Crippen LogP contribution in [-0.2, 0) is 4.79 Å². The Morgan fingerprint density at radius 2 is 1.90 bits per heavy atom. The van der Waals surface area contributed by atoms with Crippen molar-refractivity contribution in [2.45, 2.75) is 31.1 Å². The highest BCUT2D eigenvalue weighted by atomic mass is 35.5. The zero-order valence-electron chi connectivity index (χ0n) is 11.6. The van der Waals surface area contributed by atoms with E-state index in [0.717, 1.165) is 10.5 Å². The fraction of sp³-hybridized carbons (Fsp3) is 0.500. The van der Waals surface area contributed by atoms with Crippen LogP contribution in [-0.4, -0.2) is 36.6 Å². The van der Waals surface area contributed by atoms with E-state index in [-0.39, 0.29) is 18.4 Å². The van der Waals surface area contributed by atoms with Gasteiger partial charge in [0.15, 0.2) is 0 Å². The Balaban J connectivity index is 0.00000220. The van der Waals surface area contributed by atoms with Gasteiger partial charge in [-0.15, -0.1) is 12.4 Å². The zero-order chi connectivity index (χ0) is 14.8. The van der Waals surface area contributed by atoms with Gasteiger partial charge < -0.3 is 10.2 Å². The van der Waals surface area contributed by atoms with Crippen LogP contribution in [0.3, 0.4) is 0 Å². The van der Waals surface area contributed by atoms with Gasteiger partial charge in [-0.3, -0.25) is 4.79 Å². The molecule has 1 saturated heterocycles. The van der Waals surface area contributed by atoms with E-state index >= 15 is 0 Å². The third-order valence-electron chi connectivity index (χ3n) is 3.69. The van der Waals surface area contributed by atoms with Gasteiger partial charge in [0.2, 0.25) is 0 Å². The number of piperidine rings is 1. The third kappa shape index (κ3) is 4.35. The predicted molar refractivity (Wildman–Crippen MR) is 76.3 cm³/mol. The Bertz CT molecular complexity index is 467. The number of carbonyl (C=O) groups is 1. The summed E-state index contributed by atoms with van der Waals surface area (Å²) in [6.45, 7) is 0.597. The van der Waals surface area contributed by atoms with Gasteiger partial charge in [-0.2, -0.15) is 13.2 Å². The van der Waals surface area contributed by atoms with Crippen LogP contribution in [0.2, 0.25) is 0 Å². The molecule has 0 aromatic heterocycles. The normalized spacial score (nSPS) is 22.3. The van der Waals surface area contributed by atoms with Gasteiger partial charge in [0.25, 0.3) is 0 Å². The lowest BCUT2D eigenvalue weighted by molar-refractivity contribution is -0.186. The number of rotatable bonds is 2. The maximum atomic E-state index is 12.5. The third-order valence-corrected chi connectivity index (χ3v) is 3.69. The van der Waals surface area contributed by atoms with Crippen LogP contribution in [0.25, 0.3) is 0 Å². The summed E-state index contributed by atoms with van der Waals surface area (Å²) < 4.78 is 37.4. The highest BCUT2D eigenvalue weighted by molar-refractivity contribution is 5.85. The van der Waals surface area contributed by atoms with Gasteiger partial charge in [0.05, 0.1) is 0 Å². The van der Waals surface area contributed by atoms with Crippen LogP contribution >= 0.6 is 12.4 Å². The van der Waals surface area contributed by atoms with Crippen molar-refractivity contribution in [2.24, 2.45) is 0 Å². The van der Waals surface area contributed by atoms with E-state index in [9.17, 15) is 18.0 Å².